The molecule has 1 amide bonds. The first-order chi connectivity index (χ1) is 11.5. The number of amides is 1. The summed E-state index contributed by atoms with van der Waals surface area (Å²) in [7, 11) is 0. The number of hydrogen-bond acceptors (Lipinski definition) is 2. The van der Waals surface area contributed by atoms with Crippen LogP contribution in [0.25, 0.3) is 11.1 Å². The minimum absolute atomic E-state index is 0.0168. The molecule has 1 unspecified atom stereocenters. The Morgan fingerprint density at radius 1 is 1.12 bits per heavy atom. The van der Waals surface area contributed by atoms with Crippen molar-refractivity contribution in [3.8, 4) is 11.1 Å². The Kier molecular flexibility index (Phi) is 4.34. The molecule has 4 nitrogen and oxygen atoms in total. The average molecular weight is 327 g/mol. The van der Waals surface area contributed by atoms with Crippen LogP contribution in [0, 0.1) is 18.7 Å². The lowest BCUT2D eigenvalue weighted by molar-refractivity contribution is -0.141. The standard InChI is InChI=1S/C19H18FNO3/c1-12-2-4-13(5-3-12)14-6-7-16(17(20)10-14)18(22)21-9-8-15(11-21)19(23)24/h2-7,10,15H,8-9,11H2,1H3,(H,23,24). The SMILES string of the molecule is Cc1ccc(-c2ccc(C(=O)N3CCC(C(=O)O)C3)c(F)c2)cc1. The molecule has 2 aromatic carbocycles. The van der Waals surface area contributed by atoms with Crippen LogP contribution < -0.4 is 0 Å². The van der Waals surface area contributed by atoms with Crippen molar-refractivity contribution >= 4 is 11.9 Å². The summed E-state index contributed by atoms with van der Waals surface area (Å²) < 4.78 is 14.4. The van der Waals surface area contributed by atoms with E-state index in [-0.39, 0.29) is 12.1 Å². The molecule has 124 valence electrons. The van der Waals surface area contributed by atoms with E-state index in [0.717, 1.165) is 11.1 Å². The lowest BCUT2D eigenvalue weighted by atomic mass is 10.0. The second-order valence-electron chi connectivity index (χ2n) is 6.14. The Balaban J connectivity index is 1.81. The van der Waals surface area contributed by atoms with E-state index in [1.165, 1.54) is 17.0 Å². The number of carboxylic acids is 1. The monoisotopic (exact) mass is 327 g/mol. The molecule has 1 saturated heterocycles. The lowest BCUT2D eigenvalue weighted by Crippen LogP contribution is -2.30. The first-order valence-corrected chi connectivity index (χ1v) is 7.84. The zero-order valence-corrected chi connectivity index (χ0v) is 13.3. The van der Waals surface area contributed by atoms with Gasteiger partial charge in [0.25, 0.3) is 5.91 Å². The summed E-state index contributed by atoms with van der Waals surface area (Å²) in [5.41, 5.74) is 2.68. The third-order valence-corrected chi connectivity index (χ3v) is 4.41. The van der Waals surface area contributed by atoms with Gasteiger partial charge in [-0.2, -0.15) is 0 Å². The van der Waals surface area contributed by atoms with E-state index in [2.05, 4.69) is 0 Å². The normalized spacial score (nSPS) is 17.1. The number of halogens is 1. The fourth-order valence-electron chi connectivity index (χ4n) is 2.93. The summed E-state index contributed by atoms with van der Waals surface area (Å²) >= 11 is 0. The fraction of sp³-hybridized carbons (Fsp3) is 0.263. The smallest absolute Gasteiger partial charge is 0.308 e. The van der Waals surface area contributed by atoms with Gasteiger partial charge in [-0.25, -0.2) is 4.39 Å². The van der Waals surface area contributed by atoms with Crippen LogP contribution in [0.2, 0.25) is 0 Å². The largest absolute Gasteiger partial charge is 0.481 e. The molecule has 1 N–H and O–H groups in total. The van der Waals surface area contributed by atoms with Crippen molar-refractivity contribution in [3.05, 3.63) is 59.4 Å². The second kappa shape index (κ2) is 6.43. The molecule has 0 aromatic heterocycles. The second-order valence-corrected chi connectivity index (χ2v) is 6.14. The van der Waals surface area contributed by atoms with Gasteiger partial charge in [0.1, 0.15) is 5.82 Å². The third kappa shape index (κ3) is 3.15. The van der Waals surface area contributed by atoms with Crippen LogP contribution in [0.15, 0.2) is 42.5 Å². The number of likely N-dealkylation sites (tertiary alicyclic amines) is 1. The summed E-state index contributed by atoms with van der Waals surface area (Å²) in [5, 5.41) is 9.01. The third-order valence-electron chi connectivity index (χ3n) is 4.41. The van der Waals surface area contributed by atoms with Crippen molar-refractivity contribution in [2.75, 3.05) is 13.1 Å². The summed E-state index contributed by atoms with van der Waals surface area (Å²) in [6.45, 7) is 2.45. The summed E-state index contributed by atoms with van der Waals surface area (Å²) in [4.78, 5) is 24.8. The van der Waals surface area contributed by atoms with Gasteiger partial charge in [-0.05, 0) is 36.6 Å². The van der Waals surface area contributed by atoms with Crippen molar-refractivity contribution in [2.24, 2.45) is 5.92 Å². The molecule has 5 heteroatoms. The molecule has 1 aliphatic rings. The molecule has 1 atom stereocenters. The maximum absolute atomic E-state index is 14.4. The predicted octanol–water partition coefficient (Wildman–Crippen LogP) is 3.35. The minimum Gasteiger partial charge on any atom is -0.481 e. The van der Waals surface area contributed by atoms with Gasteiger partial charge in [-0.15, -0.1) is 0 Å². The highest BCUT2D eigenvalue weighted by atomic mass is 19.1. The Labute approximate surface area is 139 Å². The van der Waals surface area contributed by atoms with Gasteiger partial charge >= 0.3 is 5.97 Å². The summed E-state index contributed by atoms with van der Waals surface area (Å²) in [6, 6.07) is 12.2. The predicted molar refractivity (Wildman–Crippen MR) is 88.2 cm³/mol. The maximum atomic E-state index is 14.4. The molecule has 1 fully saturated rings. The van der Waals surface area contributed by atoms with Gasteiger partial charge < -0.3 is 10.0 Å². The van der Waals surface area contributed by atoms with Gasteiger partial charge in [0.15, 0.2) is 0 Å². The lowest BCUT2D eigenvalue weighted by Gasteiger charge is -2.16. The topological polar surface area (TPSA) is 57.6 Å². The zero-order chi connectivity index (χ0) is 17.3. The first kappa shape index (κ1) is 16.2. The average Bonchev–Trinajstić information content (AvgIpc) is 3.05. The number of aliphatic carboxylic acids is 1. The number of benzene rings is 2. The quantitative estimate of drug-likeness (QED) is 0.940. The van der Waals surface area contributed by atoms with Gasteiger partial charge in [0.2, 0.25) is 0 Å². The van der Waals surface area contributed by atoms with Gasteiger partial charge in [0, 0.05) is 13.1 Å². The van der Waals surface area contributed by atoms with E-state index < -0.39 is 23.6 Å². The van der Waals surface area contributed by atoms with Crippen molar-refractivity contribution < 1.29 is 19.1 Å². The molecule has 0 aliphatic carbocycles. The van der Waals surface area contributed by atoms with Gasteiger partial charge in [-0.1, -0.05) is 35.9 Å². The first-order valence-electron chi connectivity index (χ1n) is 7.84. The highest BCUT2D eigenvalue weighted by Gasteiger charge is 2.32. The molecule has 0 saturated carbocycles. The highest BCUT2D eigenvalue weighted by molar-refractivity contribution is 5.95. The molecular weight excluding hydrogens is 309 g/mol. The van der Waals surface area contributed by atoms with Crippen molar-refractivity contribution in [1.82, 2.24) is 4.90 Å². The minimum atomic E-state index is -0.916. The zero-order valence-electron chi connectivity index (χ0n) is 13.3. The molecule has 0 spiro atoms. The molecular formula is C19H18FNO3. The number of hydrogen-bond donors (Lipinski definition) is 1. The summed E-state index contributed by atoms with van der Waals surface area (Å²) in [5.74, 6) is -2.52. The molecule has 2 aromatic rings. The molecule has 3 rings (SSSR count). The van der Waals surface area contributed by atoms with Crippen LogP contribution in [0.5, 0.6) is 0 Å². The Hall–Kier alpha value is -2.69. The van der Waals surface area contributed by atoms with Gasteiger partial charge in [-0.3, -0.25) is 9.59 Å². The number of rotatable bonds is 3. The van der Waals surface area contributed by atoms with Crippen LogP contribution in [0.4, 0.5) is 4.39 Å². The van der Waals surface area contributed by atoms with E-state index in [9.17, 15) is 14.0 Å². The van der Waals surface area contributed by atoms with Crippen molar-refractivity contribution in [3.63, 3.8) is 0 Å². The van der Waals surface area contributed by atoms with Crippen LogP contribution in [0.3, 0.4) is 0 Å². The highest BCUT2D eigenvalue weighted by Crippen LogP contribution is 2.25. The maximum Gasteiger partial charge on any atom is 0.308 e. The molecule has 1 heterocycles. The van der Waals surface area contributed by atoms with E-state index in [4.69, 9.17) is 5.11 Å². The van der Waals surface area contributed by atoms with Gasteiger partial charge in [0.05, 0.1) is 11.5 Å². The molecule has 0 radical (unpaired) electrons. The summed E-state index contributed by atoms with van der Waals surface area (Å²) in [6.07, 6.45) is 0.407. The Bertz CT molecular complexity index is 786. The fourth-order valence-corrected chi connectivity index (χ4v) is 2.93. The number of aryl methyl sites for hydroxylation is 1. The number of carbonyl (C=O) groups is 2. The van der Waals surface area contributed by atoms with E-state index in [1.54, 1.807) is 6.07 Å². The molecule has 0 bridgehead atoms. The van der Waals surface area contributed by atoms with E-state index in [0.29, 0.717) is 18.5 Å². The Morgan fingerprint density at radius 2 is 1.79 bits per heavy atom. The number of nitrogens with zero attached hydrogens (tertiary/aromatic N) is 1. The van der Waals surface area contributed by atoms with Crippen molar-refractivity contribution in [1.29, 1.82) is 0 Å². The molecule has 1 aliphatic heterocycles. The Morgan fingerprint density at radius 3 is 2.38 bits per heavy atom. The number of carboxylic acid groups (broad SMARTS) is 1. The number of carbonyl (C=O) groups excluding carboxylic acids is 1. The van der Waals surface area contributed by atoms with Crippen molar-refractivity contribution in [2.45, 2.75) is 13.3 Å². The van der Waals surface area contributed by atoms with Crippen LogP contribution in [-0.2, 0) is 4.79 Å². The van der Waals surface area contributed by atoms with E-state index >= 15 is 0 Å². The van der Waals surface area contributed by atoms with Crippen LogP contribution in [0.1, 0.15) is 22.3 Å². The van der Waals surface area contributed by atoms with Crippen LogP contribution in [-0.4, -0.2) is 35.0 Å². The van der Waals surface area contributed by atoms with Crippen LogP contribution >= 0.6 is 0 Å². The van der Waals surface area contributed by atoms with E-state index in [1.807, 2.05) is 31.2 Å². The molecule has 24 heavy (non-hydrogen) atoms.